The Morgan fingerprint density at radius 3 is 2.45 bits per heavy atom. The highest BCUT2D eigenvalue weighted by molar-refractivity contribution is 6.08. The number of piperazine rings is 1. The van der Waals surface area contributed by atoms with Gasteiger partial charge < -0.3 is 19.9 Å². The molecule has 4 aliphatic heterocycles. The van der Waals surface area contributed by atoms with Gasteiger partial charge in [0.2, 0.25) is 11.8 Å². The second kappa shape index (κ2) is 17.7. The molecule has 8 heterocycles. The zero-order valence-electron chi connectivity index (χ0n) is 36.6. The Hall–Kier alpha value is -5.87. The van der Waals surface area contributed by atoms with Crippen LogP contribution in [0.4, 0.5) is 34.8 Å². The van der Waals surface area contributed by atoms with Crippen molar-refractivity contribution in [2.45, 2.75) is 75.4 Å². The summed E-state index contributed by atoms with van der Waals surface area (Å²) < 4.78 is 72.1. The van der Waals surface area contributed by atoms with E-state index in [1.54, 1.807) is 25.4 Å². The number of morpholine rings is 1. The molecule has 4 saturated heterocycles. The number of alkyl halides is 4. The molecule has 5 aliphatic rings. The fraction of sp³-hybridized carbons (Fsp3) is 0.568. The first-order valence-corrected chi connectivity index (χ1v) is 22.8. The monoisotopic (exact) mass is 919 g/mol. The van der Waals surface area contributed by atoms with Crippen molar-refractivity contribution >= 4 is 51.6 Å². The molecule has 66 heavy (non-hydrogen) atoms. The van der Waals surface area contributed by atoms with Crippen molar-refractivity contribution in [1.82, 2.24) is 48.6 Å². The molecule has 10 rings (SSSR count). The van der Waals surface area contributed by atoms with E-state index in [0.29, 0.717) is 107 Å². The van der Waals surface area contributed by atoms with Crippen LogP contribution in [0.15, 0.2) is 47.7 Å². The SMILES string of the molecule is Cn1c(=O)n(C2CCC(=O)NC2=O)c2cccc(N3CCN([C@H]4CCN(C[C@H]5CC[C@H](n6cc(NC(=O)c7cnn8ccc(N9CCOCC9)nc78)c(C(F)F)n6)CC5)CC4(F)F)CC3)c21. The molecule has 18 nitrogen and oxygen atoms in total. The van der Waals surface area contributed by atoms with Crippen molar-refractivity contribution in [2.75, 3.05) is 87.2 Å². The summed E-state index contributed by atoms with van der Waals surface area (Å²) in [6, 6.07) is 5.42. The Morgan fingerprint density at radius 2 is 1.73 bits per heavy atom. The lowest BCUT2D eigenvalue weighted by atomic mass is 9.85. The molecule has 2 atom stereocenters. The van der Waals surface area contributed by atoms with Gasteiger partial charge >= 0.3 is 5.69 Å². The predicted molar refractivity (Wildman–Crippen MR) is 234 cm³/mol. The van der Waals surface area contributed by atoms with Gasteiger partial charge in [-0.05, 0) is 62.6 Å². The van der Waals surface area contributed by atoms with Crippen molar-refractivity contribution in [3.8, 4) is 0 Å². The minimum absolute atomic E-state index is 0.0849. The number of piperidine rings is 2. The van der Waals surface area contributed by atoms with Crippen LogP contribution in [0.5, 0.6) is 0 Å². The van der Waals surface area contributed by atoms with Crippen LogP contribution in [-0.4, -0.2) is 145 Å². The third-order valence-electron chi connectivity index (χ3n) is 14.2. The maximum atomic E-state index is 16.1. The predicted octanol–water partition coefficient (Wildman–Crippen LogP) is 3.85. The average Bonchev–Trinajstić information content (AvgIpc) is 4.01. The van der Waals surface area contributed by atoms with Gasteiger partial charge in [0.1, 0.15) is 17.4 Å². The number of aromatic nitrogens is 7. The number of rotatable bonds is 10. The summed E-state index contributed by atoms with van der Waals surface area (Å²) in [7, 11) is 1.65. The maximum absolute atomic E-state index is 16.1. The molecule has 22 heteroatoms. The smallest absolute Gasteiger partial charge is 0.329 e. The van der Waals surface area contributed by atoms with Crippen molar-refractivity contribution in [3.63, 3.8) is 0 Å². The number of anilines is 3. The van der Waals surface area contributed by atoms with Crippen molar-refractivity contribution < 1.29 is 36.7 Å². The van der Waals surface area contributed by atoms with Gasteiger partial charge in [0.25, 0.3) is 18.3 Å². The number of ether oxygens (including phenoxy) is 1. The number of likely N-dealkylation sites (tertiary alicyclic amines) is 1. The van der Waals surface area contributed by atoms with Crippen molar-refractivity contribution in [1.29, 1.82) is 0 Å². The second-order valence-electron chi connectivity index (χ2n) is 18.2. The Kier molecular flexibility index (Phi) is 11.8. The fourth-order valence-electron chi connectivity index (χ4n) is 10.8. The molecular formula is C44H53F4N13O5. The summed E-state index contributed by atoms with van der Waals surface area (Å²) in [5, 5.41) is 13.4. The molecule has 1 unspecified atom stereocenters. The van der Waals surface area contributed by atoms with Gasteiger partial charge in [-0.2, -0.15) is 10.2 Å². The third kappa shape index (κ3) is 8.31. The van der Waals surface area contributed by atoms with Crippen LogP contribution >= 0.6 is 0 Å². The number of imidazole rings is 1. The summed E-state index contributed by atoms with van der Waals surface area (Å²) in [4.78, 5) is 64.0. The Morgan fingerprint density at radius 1 is 0.955 bits per heavy atom. The Bertz CT molecular complexity index is 2690. The highest BCUT2D eigenvalue weighted by atomic mass is 19.3. The van der Waals surface area contributed by atoms with Crippen LogP contribution in [0.3, 0.4) is 0 Å². The van der Waals surface area contributed by atoms with E-state index < -0.39 is 41.9 Å². The largest absolute Gasteiger partial charge is 0.378 e. The van der Waals surface area contributed by atoms with Gasteiger partial charge in [0.15, 0.2) is 11.3 Å². The van der Waals surface area contributed by atoms with E-state index in [1.165, 1.54) is 30.7 Å². The first-order chi connectivity index (χ1) is 31.8. The van der Waals surface area contributed by atoms with Gasteiger partial charge in [0.05, 0.1) is 60.4 Å². The number of aryl methyl sites for hydroxylation is 1. The number of imide groups is 1. The summed E-state index contributed by atoms with van der Waals surface area (Å²) in [6.45, 7) is 4.93. The second-order valence-corrected chi connectivity index (χ2v) is 18.2. The van der Waals surface area contributed by atoms with E-state index >= 15 is 8.78 Å². The normalized spacial score (nSPS) is 24.7. The lowest BCUT2D eigenvalue weighted by Crippen LogP contribution is -2.62. The summed E-state index contributed by atoms with van der Waals surface area (Å²) >= 11 is 0. The van der Waals surface area contributed by atoms with Gasteiger partial charge in [-0.15, -0.1) is 0 Å². The zero-order valence-corrected chi connectivity index (χ0v) is 36.6. The number of carbonyl (C=O) groups excluding carboxylic acids is 3. The summed E-state index contributed by atoms with van der Waals surface area (Å²) in [6.07, 6.45) is 4.97. The molecule has 0 spiro atoms. The van der Waals surface area contributed by atoms with Crippen LogP contribution in [0.25, 0.3) is 16.7 Å². The van der Waals surface area contributed by atoms with Gasteiger partial charge in [0, 0.05) is 78.2 Å². The van der Waals surface area contributed by atoms with Crippen LogP contribution in [0, 0.1) is 5.92 Å². The number of halogens is 4. The van der Waals surface area contributed by atoms with E-state index in [1.807, 2.05) is 26.8 Å². The molecule has 2 N–H and O–H groups in total. The van der Waals surface area contributed by atoms with Gasteiger partial charge in [-0.1, -0.05) is 6.07 Å². The van der Waals surface area contributed by atoms with Crippen LogP contribution in [-0.2, 0) is 21.4 Å². The summed E-state index contributed by atoms with van der Waals surface area (Å²) in [5.41, 5.74) is 1.49. The number of fused-ring (bicyclic) bond motifs is 2. The minimum Gasteiger partial charge on any atom is -0.378 e. The number of amides is 3. The van der Waals surface area contributed by atoms with E-state index in [9.17, 15) is 28.0 Å². The standard InChI is InChI=1S/C44H53F4N13O5/c1-54-38-31(3-2-4-32(38)61(43(54)65)33-9-10-36(62)52-42(33)64)56-15-17-57(18-16-56)34-11-13-55(26-44(34,47)48)24-27-5-7-28(8-6-27)60-25-30(37(53-60)39(45)46)50-41(63)29-23-49-59-14-12-35(51-40(29)59)58-19-21-66-22-20-58/h2-4,12,14,23,25,27-28,33-34,39H,5-11,13,15-22,24,26H2,1H3,(H,50,63)(H,52,62,64)/t27-,28-,33?,34-/m0/s1. The quantitative estimate of drug-likeness (QED) is 0.154. The van der Waals surface area contributed by atoms with E-state index in [2.05, 4.69) is 30.7 Å². The maximum Gasteiger partial charge on any atom is 0.329 e. The lowest BCUT2D eigenvalue weighted by molar-refractivity contribution is -0.135. The van der Waals surface area contributed by atoms with E-state index in [4.69, 9.17) is 4.74 Å². The molecular weight excluding hydrogens is 867 g/mol. The lowest BCUT2D eigenvalue weighted by Gasteiger charge is -2.47. The zero-order chi connectivity index (χ0) is 45.9. The summed E-state index contributed by atoms with van der Waals surface area (Å²) in [5.74, 6) is -3.61. The number of para-hydroxylation sites is 1. The third-order valence-corrected chi connectivity index (χ3v) is 14.2. The fourth-order valence-corrected chi connectivity index (χ4v) is 10.8. The first kappa shape index (κ1) is 44.0. The van der Waals surface area contributed by atoms with Crippen LogP contribution < -0.4 is 26.1 Å². The first-order valence-electron chi connectivity index (χ1n) is 22.8. The highest BCUT2D eigenvalue weighted by Gasteiger charge is 2.48. The molecule has 5 aromatic rings. The average molecular weight is 920 g/mol. The molecule has 3 amide bonds. The Balaban J connectivity index is 0.728. The number of hydrogen-bond acceptors (Lipinski definition) is 12. The topological polar surface area (TPSA) is 172 Å². The number of nitrogens with one attached hydrogen (secondary N) is 2. The molecule has 1 aromatic carbocycles. The highest BCUT2D eigenvalue weighted by Crippen LogP contribution is 2.38. The molecule has 0 bridgehead atoms. The van der Waals surface area contributed by atoms with Crippen LogP contribution in [0.1, 0.15) is 79.5 Å². The van der Waals surface area contributed by atoms with Gasteiger partial charge in [-0.25, -0.2) is 31.9 Å². The molecule has 1 aliphatic carbocycles. The van der Waals surface area contributed by atoms with E-state index in [-0.39, 0.29) is 54.2 Å². The number of benzene rings is 1. The Labute approximate surface area is 376 Å². The number of nitrogens with zero attached hydrogens (tertiary/aromatic N) is 11. The molecule has 352 valence electrons. The van der Waals surface area contributed by atoms with Crippen molar-refractivity contribution in [2.24, 2.45) is 13.0 Å². The number of hydrogen-bond donors (Lipinski definition) is 2. The molecule has 0 radical (unpaired) electrons. The van der Waals surface area contributed by atoms with Crippen molar-refractivity contribution in [3.05, 3.63) is 64.6 Å². The molecule has 1 saturated carbocycles. The number of carbonyl (C=O) groups is 3. The molecule has 4 aromatic heterocycles. The van der Waals surface area contributed by atoms with E-state index in [0.717, 1.165) is 18.5 Å². The van der Waals surface area contributed by atoms with Crippen LogP contribution in [0.2, 0.25) is 0 Å². The molecule has 5 fully saturated rings. The van der Waals surface area contributed by atoms with Gasteiger partial charge in [-0.3, -0.25) is 43.3 Å². The minimum atomic E-state index is -2.94.